The van der Waals surface area contributed by atoms with Gasteiger partial charge in [0.15, 0.2) is 0 Å². The predicted molar refractivity (Wildman–Crippen MR) is 31.5 cm³/mol. The number of carboxylic acids is 1. The first-order valence-corrected chi connectivity index (χ1v) is 3.03. The average molecular weight is 214 g/mol. The lowest BCUT2D eigenvalue weighted by Gasteiger charge is -1.79. The third-order valence-electron chi connectivity index (χ3n) is 0.360. The first-order valence-electron chi connectivity index (χ1n) is 1.50. The summed E-state index contributed by atoms with van der Waals surface area (Å²) in [7, 11) is 0. The summed E-state index contributed by atoms with van der Waals surface area (Å²) >= 11 is 1.70. The number of rotatable bonds is 2. The van der Waals surface area contributed by atoms with Gasteiger partial charge in [0.05, 0.1) is 4.43 Å². The molecule has 7 heavy (non-hydrogen) atoms. The highest BCUT2D eigenvalue weighted by Gasteiger charge is 2.06. The Morgan fingerprint density at radius 3 is 2.00 bits per heavy atom. The maximum atomic E-state index is 9.90. The zero-order valence-corrected chi connectivity index (χ0v) is 5.51. The average Bonchev–Trinajstić information content (AvgIpc) is 1.65. The van der Waals surface area contributed by atoms with E-state index in [0.717, 1.165) is 0 Å². The van der Waals surface area contributed by atoms with Crippen LogP contribution in [0.1, 0.15) is 0 Å². The number of carbonyl (C=O) groups is 2. The molecule has 0 atom stereocenters. The minimum Gasteiger partial charge on any atom is -0.475 e. The van der Waals surface area contributed by atoms with E-state index in [1.165, 1.54) is 0 Å². The Morgan fingerprint density at radius 2 is 2.00 bits per heavy atom. The number of alkyl halides is 1. The summed E-state index contributed by atoms with van der Waals surface area (Å²) in [6, 6.07) is 0. The molecule has 0 saturated heterocycles. The number of hydrogen-bond donors (Lipinski definition) is 1. The topological polar surface area (TPSA) is 54.4 Å². The molecule has 40 valence electrons. The molecule has 0 aliphatic carbocycles. The third-order valence-corrected chi connectivity index (χ3v) is 1.05. The molecule has 1 N–H and O–H groups in total. The van der Waals surface area contributed by atoms with Gasteiger partial charge in [-0.15, -0.1) is 0 Å². The molecular formula is C3H3IO3. The van der Waals surface area contributed by atoms with E-state index in [4.69, 9.17) is 5.11 Å². The van der Waals surface area contributed by atoms with Crippen LogP contribution < -0.4 is 0 Å². The predicted octanol–water partition coefficient (Wildman–Crippen LogP) is 0.0751. The summed E-state index contributed by atoms with van der Waals surface area (Å²) in [5, 5.41) is 7.83. The monoisotopic (exact) mass is 214 g/mol. The van der Waals surface area contributed by atoms with Crippen molar-refractivity contribution in [3.63, 3.8) is 0 Å². The fourth-order valence-electron chi connectivity index (χ4n) is 0.0572. The van der Waals surface area contributed by atoms with Crippen molar-refractivity contribution in [2.24, 2.45) is 0 Å². The van der Waals surface area contributed by atoms with Crippen molar-refractivity contribution >= 4 is 34.3 Å². The van der Waals surface area contributed by atoms with Crippen molar-refractivity contribution in [2.75, 3.05) is 4.43 Å². The van der Waals surface area contributed by atoms with E-state index in [1.807, 2.05) is 0 Å². The highest BCUT2D eigenvalue weighted by Crippen LogP contribution is 1.81. The van der Waals surface area contributed by atoms with Gasteiger partial charge in [-0.25, -0.2) is 4.79 Å². The molecule has 4 heteroatoms. The van der Waals surface area contributed by atoms with Crippen molar-refractivity contribution < 1.29 is 14.7 Å². The van der Waals surface area contributed by atoms with Gasteiger partial charge in [-0.3, -0.25) is 4.79 Å². The fourth-order valence-corrected chi connectivity index (χ4v) is 0.383. The van der Waals surface area contributed by atoms with Crippen LogP contribution in [0.3, 0.4) is 0 Å². The number of aliphatic carboxylic acids is 1. The van der Waals surface area contributed by atoms with Crippen molar-refractivity contribution in [1.82, 2.24) is 0 Å². The molecule has 0 heterocycles. The van der Waals surface area contributed by atoms with E-state index < -0.39 is 11.8 Å². The van der Waals surface area contributed by atoms with Gasteiger partial charge in [-0.1, -0.05) is 22.6 Å². The normalized spacial score (nSPS) is 8.14. The van der Waals surface area contributed by atoms with Crippen molar-refractivity contribution in [2.45, 2.75) is 0 Å². The Morgan fingerprint density at radius 1 is 1.57 bits per heavy atom. The molecule has 0 aliphatic heterocycles. The summed E-state index contributed by atoms with van der Waals surface area (Å²) in [4.78, 5) is 19.5. The van der Waals surface area contributed by atoms with Gasteiger partial charge in [0.2, 0.25) is 5.78 Å². The van der Waals surface area contributed by atoms with Gasteiger partial charge >= 0.3 is 5.97 Å². The maximum Gasteiger partial charge on any atom is 0.372 e. The molecule has 0 spiro atoms. The smallest absolute Gasteiger partial charge is 0.372 e. The first kappa shape index (κ1) is 6.87. The van der Waals surface area contributed by atoms with Crippen LogP contribution in [0.4, 0.5) is 0 Å². The van der Waals surface area contributed by atoms with Crippen LogP contribution in [0.2, 0.25) is 0 Å². The first-order chi connectivity index (χ1) is 3.18. The Hall–Kier alpha value is -0.130. The lowest BCUT2D eigenvalue weighted by Crippen LogP contribution is -2.12. The molecule has 0 aromatic carbocycles. The third kappa shape index (κ3) is 2.55. The lowest BCUT2D eigenvalue weighted by molar-refractivity contribution is -0.147. The zero-order chi connectivity index (χ0) is 5.86. The summed E-state index contributed by atoms with van der Waals surface area (Å²) in [6.07, 6.45) is 0. The SMILES string of the molecule is O=C(O)C(=O)CI. The second kappa shape index (κ2) is 2.95. The van der Waals surface area contributed by atoms with Gasteiger partial charge in [0, 0.05) is 0 Å². The number of hydrogen-bond acceptors (Lipinski definition) is 2. The molecule has 0 bridgehead atoms. The second-order valence-electron chi connectivity index (χ2n) is 0.862. The zero-order valence-electron chi connectivity index (χ0n) is 3.35. The van der Waals surface area contributed by atoms with Crippen LogP contribution >= 0.6 is 22.6 Å². The summed E-state index contributed by atoms with van der Waals surface area (Å²) < 4.78 is 0.0487. The summed E-state index contributed by atoms with van der Waals surface area (Å²) in [5.74, 6) is -2.10. The minimum absolute atomic E-state index is 0.0487. The van der Waals surface area contributed by atoms with E-state index in [2.05, 4.69) is 0 Å². The maximum absolute atomic E-state index is 9.90. The van der Waals surface area contributed by atoms with E-state index in [9.17, 15) is 9.59 Å². The molecular weight excluding hydrogens is 211 g/mol. The molecule has 0 amide bonds. The molecule has 0 unspecified atom stereocenters. The molecule has 0 radical (unpaired) electrons. The number of carbonyl (C=O) groups excluding carboxylic acids is 1. The Kier molecular flexibility index (Phi) is 2.89. The van der Waals surface area contributed by atoms with E-state index >= 15 is 0 Å². The van der Waals surface area contributed by atoms with Crippen molar-refractivity contribution in [3.05, 3.63) is 0 Å². The highest BCUT2D eigenvalue weighted by molar-refractivity contribution is 14.1. The second-order valence-corrected chi connectivity index (χ2v) is 1.62. The van der Waals surface area contributed by atoms with Crippen LogP contribution in [0.25, 0.3) is 0 Å². The molecule has 0 aliphatic rings. The van der Waals surface area contributed by atoms with Gasteiger partial charge < -0.3 is 5.11 Å². The number of halogens is 1. The van der Waals surface area contributed by atoms with Crippen LogP contribution in [-0.2, 0) is 9.59 Å². The Bertz CT molecular complexity index is 98.4. The number of ketones is 1. The highest BCUT2D eigenvalue weighted by atomic mass is 127. The van der Waals surface area contributed by atoms with Crippen LogP contribution in [0, 0.1) is 0 Å². The number of carboxylic acid groups (broad SMARTS) is 1. The van der Waals surface area contributed by atoms with Gasteiger partial charge in [-0.2, -0.15) is 0 Å². The van der Waals surface area contributed by atoms with Gasteiger partial charge in [0.25, 0.3) is 0 Å². The standard InChI is InChI=1S/C3H3IO3/c4-1-2(5)3(6)7/h1H2,(H,6,7). The molecule has 0 aromatic rings. The van der Waals surface area contributed by atoms with Gasteiger partial charge in [0.1, 0.15) is 0 Å². The van der Waals surface area contributed by atoms with E-state index in [1.54, 1.807) is 22.6 Å². The molecule has 0 rings (SSSR count). The van der Waals surface area contributed by atoms with E-state index in [0.29, 0.717) is 0 Å². The van der Waals surface area contributed by atoms with Crippen molar-refractivity contribution in [1.29, 1.82) is 0 Å². The summed E-state index contributed by atoms with van der Waals surface area (Å²) in [6.45, 7) is 0. The quantitative estimate of drug-likeness (QED) is 0.402. The van der Waals surface area contributed by atoms with Crippen LogP contribution in [0.15, 0.2) is 0 Å². The van der Waals surface area contributed by atoms with Gasteiger partial charge in [-0.05, 0) is 0 Å². The van der Waals surface area contributed by atoms with Crippen LogP contribution in [-0.4, -0.2) is 21.3 Å². The molecule has 0 fully saturated rings. The molecule has 3 nitrogen and oxygen atoms in total. The van der Waals surface area contributed by atoms with Crippen LogP contribution in [0.5, 0.6) is 0 Å². The van der Waals surface area contributed by atoms with E-state index in [-0.39, 0.29) is 4.43 Å². The Balaban J connectivity index is 3.58. The fraction of sp³-hybridized carbons (Fsp3) is 0.333. The van der Waals surface area contributed by atoms with Crippen molar-refractivity contribution in [3.8, 4) is 0 Å². The molecule has 0 saturated carbocycles. The lowest BCUT2D eigenvalue weighted by atomic mass is 10.5. The largest absolute Gasteiger partial charge is 0.475 e. The Labute approximate surface area is 53.8 Å². The minimum atomic E-state index is -1.35. The number of Topliss-reactive ketones (excluding diaryl/α,β-unsaturated/α-hetero) is 1. The summed E-state index contributed by atoms with van der Waals surface area (Å²) in [5.41, 5.74) is 0. The molecule has 0 aromatic heterocycles.